The number of nitrogens with one attached hydrogen (secondary N) is 3. The first-order valence-corrected chi connectivity index (χ1v) is 15.0. The Labute approximate surface area is 265 Å². The second-order valence-electron chi connectivity index (χ2n) is 10.1. The van der Waals surface area contributed by atoms with Gasteiger partial charge >= 0.3 is 0 Å². The molecule has 0 aliphatic heterocycles. The fourth-order valence-corrected chi connectivity index (χ4v) is 5.52. The van der Waals surface area contributed by atoms with Crippen LogP contribution in [0.5, 0.6) is 11.5 Å². The number of methoxy groups -OCH3 is 1. The van der Waals surface area contributed by atoms with Crippen molar-refractivity contribution in [2.24, 2.45) is 0 Å². The standard InChI is InChI=1S/C36H31N3O5S/c1-23(34(41)38-31-17-8-13-24-10-6-7-16-30(24)31)45-29-15-9-14-27(21-29)37-36(43)32(39-35(42)25-11-4-3-5-12-25)20-26-18-19-28(40)22-33(26)44-2/h3-23,40H,1-2H3,(H,37,43)(H,38,41)(H,39,42)/b32-20+. The number of phenols is 1. The highest BCUT2D eigenvalue weighted by Crippen LogP contribution is 2.29. The Kier molecular flexibility index (Phi) is 9.81. The molecule has 226 valence electrons. The summed E-state index contributed by atoms with van der Waals surface area (Å²) < 4.78 is 5.36. The van der Waals surface area contributed by atoms with Crippen LogP contribution in [-0.4, -0.2) is 35.2 Å². The van der Waals surface area contributed by atoms with Crippen molar-refractivity contribution in [2.75, 3.05) is 17.7 Å². The van der Waals surface area contributed by atoms with Crippen molar-refractivity contribution in [1.29, 1.82) is 0 Å². The van der Waals surface area contributed by atoms with E-state index in [1.54, 1.807) is 54.6 Å². The molecule has 0 fully saturated rings. The summed E-state index contributed by atoms with van der Waals surface area (Å²) in [6.07, 6.45) is 1.48. The minimum Gasteiger partial charge on any atom is -0.508 e. The van der Waals surface area contributed by atoms with Gasteiger partial charge in [0.1, 0.15) is 17.2 Å². The zero-order chi connectivity index (χ0) is 31.8. The molecular formula is C36H31N3O5S. The van der Waals surface area contributed by atoms with Crippen LogP contribution >= 0.6 is 11.8 Å². The molecule has 45 heavy (non-hydrogen) atoms. The minimum atomic E-state index is -0.571. The van der Waals surface area contributed by atoms with Crippen molar-refractivity contribution < 1.29 is 24.2 Å². The molecule has 0 aliphatic rings. The summed E-state index contributed by atoms with van der Waals surface area (Å²) in [5.74, 6) is -0.869. The predicted molar refractivity (Wildman–Crippen MR) is 180 cm³/mol. The van der Waals surface area contributed by atoms with Crippen molar-refractivity contribution in [3.63, 3.8) is 0 Å². The summed E-state index contributed by atoms with van der Waals surface area (Å²) in [4.78, 5) is 40.4. The lowest BCUT2D eigenvalue weighted by molar-refractivity contribution is -0.115. The maximum absolute atomic E-state index is 13.5. The highest BCUT2D eigenvalue weighted by Gasteiger charge is 2.18. The molecule has 5 rings (SSSR count). The summed E-state index contributed by atoms with van der Waals surface area (Å²) in [6, 6.07) is 33.8. The lowest BCUT2D eigenvalue weighted by Gasteiger charge is -2.15. The zero-order valence-electron chi connectivity index (χ0n) is 24.6. The van der Waals surface area contributed by atoms with Crippen LogP contribution in [0.4, 0.5) is 11.4 Å². The van der Waals surface area contributed by atoms with Crippen LogP contribution in [0.25, 0.3) is 16.8 Å². The van der Waals surface area contributed by atoms with E-state index in [9.17, 15) is 19.5 Å². The average molecular weight is 618 g/mol. The summed E-state index contributed by atoms with van der Waals surface area (Å²) >= 11 is 1.35. The van der Waals surface area contributed by atoms with Gasteiger partial charge in [0.05, 0.1) is 12.4 Å². The Morgan fingerprint density at radius 1 is 0.822 bits per heavy atom. The van der Waals surface area contributed by atoms with Gasteiger partial charge in [0.2, 0.25) is 5.91 Å². The normalized spacial score (nSPS) is 11.8. The fourth-order valence-electron chi connectivity index (χ4n) is 4.59. The fraction of sp³-hybridized carbons (Fsp3) is 0.0833. The highest BCUT2D eigenvalue weighted by atomic mass is 32.2. The quantitative estimate of drug-likeness (QED) is 0.0983. The Bertz CT molecular complexity index is 1890. The number of amides is 3. The third kappa shape index (κ3) is 7.90. The first-order valence-electron chi connectivity index (χ1n) is 14.1. The van der Waals surface area contributed by atoms with E-state index in [0.717, 1.165) is 21.4 Å². The Morgan fingerprint density at radius 2 is 1.56 bits per heavy atom. The van der Waals surface area contributed by atoms with Crippen molar-refractivity contribution >= 4 is 57.7 Å². The third-order valence-electron chi connectivity index (χ3n) is 6.87. The number of carbonyl (C=O) groups excluding carboxylic acids is 3. The first-order chi connectivity index (χ1) is 21.8. The molecule has 3 amide bonds. The van der Waals surface area contributed by atoms with E-state index >= 15 is 0 Å². The van der Waals surface area contributed by atoms with E-state index in [0.29, 0.717) is 22.6 Å². The number of aromatic hydroxyl groups is 1. The molecule has 1 atom stereocenters. The maximum Gasteiger partial charge on any atom is 0.272 e. The Morgan fingerprint density at radius 3 is 2.36 bits per heavy atom. The van der Waals surface area contributed by atoms with Crippen LogP contribution in [0.2, 0.25) is 0 Å². The highest BCUT2D eigenvalue weighted by molar-refractivity contribution is 8.00. The van der Waals surface area contributed by atoms with Crippen molar-refractivity contribution in [3.8, 4) is 11.5 Å². The van der Waals surface area contributed by atoms with Gasteiger partial charge in [-0.2, -0.15) is 0 Å². The van der Waals surface area contributed by atoms with Crippen LogP contribution < -0.4 is 20.7 Å². The van der Waals surface area contributed by atoms with Crippen LogP contribution in [-0.2, 0) is 9.59 Å². The van der Waals surface area contributed by atoms with Crippen molar-refractivity contribution in [2.45, 2.75) is 17.1 Å². The van der Waals surface area contributed by atoms with Crippen LogP contribution in [0, 0.1) is 0 Å². The number of benzene rings is 5. The van der Waals surface area contributed by atoms with Crippen molar-refractivity contribution in [1.82, 2.24) is 5.32 Å². The smallest absolute Gasteiger partial charge is 0.272 e. The Balaban J connectivity index is 1.32. The van der Waals surface area contributed by atoms with Crippen LogP contribution in [0.15, 0.2) is 126 Å². The average Bonchev–Trinajstić information content (AvgIpc) is 3.05. The molecule has 0 radical (unpaired) electrons. The molecule has 0 spiro atoms. The van der Waals surface area contributed by atoms with Gasteiger partial charge in [-0.1, -0.05) is 60.7 Å². The second-order valence-corrected chi connectivity index (χ2v) is 11.5. The van der Waals surface area contributed by atoms with Gasteiger partial charge in [-0.25, -0.2) is 0 Å². The summed E-state index contributed by atoms with van der Waals surface area (Å²) in [6.45, 7) is 1.82. The van der Waals surface area contributed by atoms with E-state index in [1.165, 1.54) is 37.1 Å². The maximum atomic E-state index is 13.5. The number of fused-ring (bicyclic) bond motifs is 1. The van der Waals surface area contributed by atoms with E-state index in [2.05, 4.69) is 16.0 Å². The molecule has 5 aromatic carbocycles. The molecule has 0 bridgehead atoms. The molecule has 4 N–H and O–H groups in total. The number of carbonyl (C=O) groups is 3. The predicted octanol–water partition coefficient (Wildman–Crippen LogP) is 7.08. The van der Waals surface area contributed by atoms with Gasteiger partial charge in [-0.05, 0) is 66.9 Å². The van der Waals surface area contributed by atoms with Crippen LogP contribution in [0.3, 0.4) is 0 Å². The van der Waals surface area contributed by atoms with E-state index in [4.69, 9.17) is 4.74 Å². The summed E-state index contributed by atoms with van der Waals surface area (Å²) in [5.41, 5.74) is 2.04. The molecule has 0 saturated carbocycles. The first kappa shape index (κ1) is 30.9. The van der Waals surface area contributed by atoms with Gasteiger partial charge in [0.25, 0.3) is 11.8 Å². The molecule has 1 unspecified atom stereocenters. The minimum absolute atomic E-state index is 0.00216. The number of anilines is 2. The molecule has 8 nitrogen and oxygen atoms in total. The van der Waals surface area contributed by atoms with E-state index in [1.807, 2.05) is 55.5 Å². The molecular weight excluding hydrogens is 586 g/mol. The van der Waals surface area contributed by atoms with E-state index in [-0.39, 0.29) is 17.4 Å². The number of rotatable bonds is 10. The lowest BCUT2D eigenvalue weighted by Crippen LogP contribution is -2.30. The molecule has 0 aliphatic carbocycles. The molecule has 0 aromatic heterocycles. The molecule has 5 aromatic rings. The molecule has 0 saturated heterocycles. The number of hydrogen-bond donors (Lipinski definition) is 4. The third-order valence-corrected chi connectivity index (χ3v) is 7.96. The summed E-state index contributed by atoms with van der Waals surface area (Å²) in [5, 5.41) is 20.0. The van der Waals surface area contributed by atoms with Gasteiger partial charge in [-0.3, -0.25) is 14.4 Å². The van der Waals surface area contributed by atoms with Gasteiger partial charge < -0.3 is 25.8 Å². The molecule has 0 heterocycles. The largest absolute Gasteiger partial charge is 0.508 e. The van der Waals surface area contributed by atoms with Gasteiger partial charge in [0, 0.05) is 38.8 Å². The van der Waals surface area contributed by atoms with Gasteiger partial charge in [0.15, 0.2) is 0 Å². The zero-order valence-corrected chi connectivity index (χ0v) is 25.4. The lowest BCUT2D eigenvalue weighted by atomic mass is 10.1. The van der Waals surface area contributed by atoms with Crippen molar-refractivity contribution in [3.05, 3.63) is 132 Å². The number of hydrogen-bond acceptors (Lipinski definition) is 6. The van der Waals surface area contributed by atoms with E-state index < -0.39 is 17.1 Å². The van der Waals surface area contributed by atoms with Crippen LogP contribution in [0.1, 0.15) is 22.8 Å². The number of ether oxygens (including phenoxy) is 1. The monoisotopic (exact) mass is 617 g/mol. The number of thioether (sulfide) groups is 1. The summed E-state index contributed by atoms with van der Waals surface area (Å²) in [7, 11) is 1.45. The van der Waals surface area contributed by atoms with Gasteiger partial charge in [-0.15, -0.1) is 11.8 Å². The number of phenolic OH excluding ortho intramolecular Hbond substituents is 1. The second kappa shape index (κ2) is 14.3. The Hall–Kier alpha value is -5.54. The SMILES string of the molecule is COc1cc(O)ccc1/C=C(/NC(=O)c1ccccc1)C(=O)Nc1cccc(SC(C)C(=O)Nc2cccc3ccccc23)c1. The molecule has 9 heteroatoms. The topological polar surface area (TPSA) is 117 Å².